The van der Waals surface area contributed by atoms with Gasteiger partial charge < -0.3 is 18.0 Å². The normalized spacial score (nSPS) is 10.7. The van der Waals surface area contributed by atoms with Crippen LogP contribution in [0, 0.1) is 0 Å². The first-order chi connectivity index (χ1) is 6.24. The predicted molar refractivity (Wildman–Crippen MR) is 47.8 cm³/mol. The van der Waals surface area contributed by atoms with E-state index >= 15 is 0 Å². The van der Waals surface area contributed by atoms with E-state index < -0.39 is 8.80 Å². The molecule has 0 rings (SSSR count). The van der Waals surface area contributed by atoms with Gasteiger partial charge in [-0.05, 0) is 0 Å². The highest BCUT2D eigenvalue weighted by molar-refractivity contribution is 6.60. The van der Waals surface area contributed by atoms with Crippen LogP contribution in [0.2, 0.25) is 6.04 Å². The number of ether oxygens (including phenoxy) is 1. The molecule has 0 aromatic heterocycles. The molecule has 0 amide bonds. The third-order valence-corrected chi connectivity index (χ3v) is 4.27. The Morgan fingerprint density at radius 2 is 1.77 bits per heavy atom. The van der Waals surface area contributed by atoms with Crippen LogP contribution in [0.15, 0.2) is 6.26 Å². The Balaban J connectivity index is 3.87. The second kappa shape index (κ2) is 6.82. The van der Waals surface area contributed by atoms with E-state index in [0.717, 1.165) is 6.26 Å². The molecular formula is C7H14O5Si. The van der Waals surface area contributed by atoms with Gasteiger partial charge in [0.15, 0.2) is 12.2 Å². The maximum atomic E-state index is 9.75. The van der Waals surface area contributed by atoms with Gasteiger partial charge in [-0.3, -0.25) is 0 Å². The lowest BCUT2D eigenvalue weighted by Gasteiger charge is -2.23. The molecule has 0 N–H and O–H groups in total. The molecule has 0 bridgehead atoms. The molecule has 0 spiro atoms. The van der Waals surface area contributed by atoms with Gasteiger partial charge in [-0.1, -0.05) is 0 Å². The molecule has 5 nitrogen and oxygen atoms in total. The first-order valence-corrected chi connectivity index (χ1v) is 5.64. The van der Waals surface area contributed by atoms with Gasteiger partial charge in [0.05, 0.1) is 12.7 Å². The average molecular weight is 206 g/mol. The lowest BCUT2D eigenvalue weighted by Crippen LogP contribution is -2.43. The maximum absolute atomic E-state index is 9.75. The minimum atomic E-state index is -2.54. The summed E-state index contributed by atoms with van der Waals surface area (Å²) in [7, 11) is 2.03. The van der Waals surface area contributed by atoms with Crippen molar-refractivity contribution in [2.24, 2.45) is 0 Å². The van der Waals surface area contributed by atoms with Gasteiger partial charge in [0.1, 0.15) is 0 Å². The topological polar surface area (TPSA) is 54.0 Å². The lowest BCUT2D eigenvalue weighted by molar-refractivity contribution is 0.114. The minimum Gasteiger partial charge on any atom is -0.490 e. The molecule has 6 heteroatoms. The molecule has 0 atom stereocenters. The van der Waals surface area contributed by atoms with E-state index in [1.54, 1.807) is 0 Å². The Kier molecular flexibility index (Phi) is 6.48. The van der Waals surface area contributed by atoms with E-state index in [4.69, 9.17) is 18.0 Å². The van der Waals surface area contributed by atoms with Crippen LogP contribution in [0.4, 0.5) is 0 Å². The summed E-state index contributed by atoms with van der Waals surface area (Å²) in [4.78, 5) is 9.75. The molecule has 0 aliphatic carbocycles. The van der Waals surface area contributed by atoms with Crippen molar-refractivity contribution in [3.63, 3.8) is 0 Å². The summed E-state index contributed by atoms with van der Waals surface area (Å²) in [5, 5.41) is 0. The number of carbonyl (C=O) groups excluding carboxylic acids is 1. The Hall–Kier alpha value is -0.653. The van der Waals surface area contributed by atoms with Crippen molar-refractivity contribution in [1.29, 1.82) is 0 Å². The van der Waals surface area contributed by atoms with Gasteiger partial charge in [-0.25, -0.2) is 4.79 Å². The van der Waals surface area contributed by atoms with Crippen molar-refractivity contribution in [3.8, 4) is 0 Å². The minimum absolute atomic E-state index is 0.316. The largest absolute Gasteiger partial charge is 0.503 e. The molecule has 0 fully saturated rings. The van der Waals surface area contributed by atoms with Crippen molar-refractivity contribution in [2.45, 2.75) is 6.04 Å². The summed E-state index contributed by atoms with van der Waals surface area (Å²) in [6.45, 7) is 0.316. The lowest BCUT2D eigenvalue weighted by atomic mass is 10.8. The first-order valence-electron chi connectivity index (χ1n) is 3.71. The summed E-state index contributed by atoms with van der Waals surface area (Å²) in [6, 6.07) is 0.495. The predicted octanol–water partition coefficient (Wildman–Crippen LogP) is 0.226. The van der Waals surface area contributed by atoms with Crippen LogP contribution in [-0.4, -0.2) is 42.7 Å². The summed E-state index contributed by atoms with van der Waals surface area (Å²) < 4.78 is 20.1. The molecule has 76 valence electrons. The van der Waals surface area contributed by atoms with Gasteiger partial charge in [0.25, 0.3) is 0 Å². The SMILES string of the molecule is CO[Si](CCOC=C=O)(OC)OC. The van der Waals surface area contributed by atoms with E-state index in [1.165, 1.54) is 27.3 Å². The molecule has 0 aromatic rings. The molecule has 0 aromatic carbocycles. The van der Waals surface area contributed by atoms with Crippen LogP contribution in [0.5, 0.6) is 0 Å². The Labute approximate surface area is 78.6 Å². The molecule has 13 heavy (non-hydrogen) atoms. The van der Waals surface area contributed by atoms with Crippen molar-refractivity contribution in [3.05, 3.63) is 6.26 Å². The highest BCUT2D eigenvalue weighted by Gasteiger charge is 2.37. The molecule has 0 aliphatic heterocycles. The van der Waals surface area contributed by atoms with Crippen LogP contribution < -0.4 is 0 Å². The standard InChI is InChI=1S/C7H14O5Si/c1-9-13(10-2,11-3)7-6-12-5-4-8/h5H,6-7H2,1-3H3. The average Bonchev–Trinajstić information content (AvgIpc) is 2.20. The van der Waals surface area contributed by atoms with E-state index in [9.17, 15) is 4.79 Å². The Morgan fingerprint density at radius 3 is 2.15 bits per heavy atom. The zero-order chi connectivity index (χ0) is 10.2. The quantitative estimate of drug-likeness (QED) is 0.258. The summed E-state index contributed by atoms with van der Waals surface area (Å²) >= 11 is 0. The van der Waals surface area contributed by atoms with Gasteiger partial charge in [0.2, 0.25) is 0 Å². The number of hydrogen-bond donors (Lipinski definition) is 0. The molecule has 0 heterocycles. The zero-order valence-corrected chi connectivity index (χ0v) is 9.03. The van der Waals surface area contributed by atoms with Gasteiger partial charge in [-0.15, -0.1) is 0 Å². The molecule has 0 radical (unpaired) electrons. The second-order valence-electron chi connectivity index (χ2n) is 2.15. The van der Waals surface area contributed by atoms with E-state index in [0.29, 0.717) is 12.7 Å². The zero-order valence-electron chi connectivity index (χ0n) is 8.03. The van der Waals surface area contributed by atoms with Crippen LogP contribution in [0.1, 0.15) is 0 Å². The number of rotatable bonds is 7. The van der Waals surface area contributed by atoms with Crippen LogP contribution >= 0.6 is 0 Å². The van der Waals surface area contributed by atoms with Crippen LogP contribution in [0.25, 0.3) is 0 Å². The third kappa shape index (κ3) is 4.21. The fourth-order valence-corrected chi connectivity index (χ4v) is 2.31. The second-order valence-corrected chi connectivity index (χ2v) is 5.24. The third-order valence-electron chi connectivity index (χ3n) is 1.59. The summed E-state index contributed by atoms with van der Waals surface area (Å²) in [5.41, 5.74) is 0. The monoisotopic (exact) mass is 206 g/mol. The molecule has 0 unspecified atom stereocenters. The molecule has 0 aliphatic rings. The summed E-state index contributed by atoms with van der Waals surface area (Å²) in [6.07, 6.45) is 0.958. The Morgan fingerprint density at radius 1 is 1.23 bits per heavy atom. The van der Waals surface area contributed by atoms with Crippen LogP contribution in [0.3, 0.4) is 0 Å². The van der Waals surface area contributed by atoms with Gasteiger partial charge in [0, 0.05) is 21.3 Å². The fourth-order valence-electron chi connectivity index (χ4n) is 0.833. The van der Waals surface area contributed by atoms with Crippen molar-refractivity contribution in [2.75, 3.05) is 27.9 Å². The summed E-state index contributed by atoms with van der Waals surface area (Å²) in [5.74, 6) is 1.50. The Bertz CT molecular complexity index is 165. The highest BCUT2D eigenvalue weighted by atomic mass is 28.4. The van der Waals surface area contributed by atoms with E-state index in [-0.39, 0.29) is 0 Å². The molecule has 0 saturated carbocycles. The molecule has 0 saturated heterocycles. The molecular weight excluding hydrogens is 192 g/mol. The highest BCUT2D eigenvalue weighted by Crippen LogP contribution is 2.11. The fraction of sp³-hybridized carbons (Fsp3) is 0.714. The van der Waals surface area contributed by atoms with Gasteiger partial charge >= 0.3 is 8.80 Å². The first kappa shape index (κ1) is 12.3. The van der Waals surface area contributed by atoms with Crippen molar-refractivity contribution in [1.82, 2.24) is 0 Å². The van der Waals surface area contributed by atoms with Crippen molar-refractivity contribution < 1.29 is 22.8 Å². The van der Waals surface area contributed by atoms with E-state index in [1.807, 2.05) is 0 Å². The van der Waals surface area contributed by atoms with Crippen molar-refractivity contribution >= 4 is 14.7 Å². The van der Waals surface area contributed by atoms with E-state index in [2.05, 4.69) is 0 Å². The number of hydrogen-bond acceptors (Lipinski definition) is 5. The van der Waals surface area contributed by atoms with Crippen LogP contribution in [-0.2, 0) is 22.8 Å². The van der Waals surface area contributed by atoms with Gasteiger partial charge in [-0.2, -0.15) is 0 Å². The smallest absolute Gasteiger partial charge is 0.490 e. The maximum Gasteiger partial charge on any atom is 0.503 e.